The number of aliphatic hydroxyl groups excluding tert-OH is 1. The number of ether oxygens (including phenoxy) is 2. The van der Waals surface area contributed by atoms with Crippen molar-refractivity contribution in [2.24, 2.45) is 23.7 Å². The van der Waals surface area contributed by atoms with Crippen molar-refractivity contribution in [3.05, 3.63) is 0 Å². The van der Waals surface area contributed by atoms with Crippen molar-refractivity contribution in [1.29, 1.82) is 0 Å². The summed E-state index contributed by atoms with van der Waals surface area (Å²) in [5.74, 6) is 0.437. The second-order valence-corrected chi connectivity index (χ2v) is 7.30. The first kappa shape index (κ1) is 13.5. The van der Waals surface area contributed by atoms with Crippen LogP contribution in [-0.2, 0) is 19.2 Å². The van der Waals surface area contributed by atoms with E-state index in [0.29, 0.717) is 11.8 Å². The smallest absolute Gasteiger partial charge is 0.201 e. The summed E-state index contributed by atoms with van der Waals surface area (Å²) in [5, 5.41) is 10.2. The molecule has 1 N–H and O–H groups in total. The summed E-state index contributed by atoms with van der Waals surface area (Å²) in [5.41, 5.74) is -0.549. The van der Waals surface area contributed by atoms with Crippen LogP contribution in [0.2, 0.25) is 0 Å². The van der Waals surface area contributed by atoms with Crippen LogP contribution in [0.25, 0.3) is 0 Å². The zero-order valence-corrected chi connectivity index (χ0v) is 12.4. The van der Waals surface area contributed by atoms with Gasteiger partial charge in [-0.3, -0.25) is 0 Å². The highest BCUT2D eigenvalue weighted by molar-refractivity contribution is 5.08. The van der Waals surface area contributed by atoms with E-state index in [1.54, 1.807) is 0 Å². The van der Waals surface area contributed by atoms with Crippen LogP contribution < -0.4 is 0 Å². The molecular formula is C15H24O5. The molecule has 5 fully saturated rings. The molecule has 0 aromatic carbocycles. The molecule has 0 amide bonds. The zero-order valence-electron chi connectivity index (χ0n) is 12.4. The highest BCUT2D eigenvalue weighted by Crippen LogP contribution is 2.60. The second kappa shape index (κ2) is 4.17. The number of fused-ring (bicyclic) bond motifs is 2. The maximum absolute atomic E-state index is 10.2. The van der Waals surface area contributed by atoms with E-state index in [1.807, 2.05) is 13.8 Å². The molecule has 5 heteroatoms. The molecule has 5 aliphatic rings. The van der Waals surface area contributed by atoms with Gasteiger partial charge in [-0.25, -0.2) is 9.78 Å². The molecule has 5 rings (SSSR count). The normalized spacial score (nSPS) is 61.8. The third kappa shape index (κ3) is 1.56. The van der Waals surface area contributed by atoms with Crippen molar-refractivity contribution in [2.75, 3.05) is 0 Å². The van der Waals surface area contributed by atoms with E-state index in [2.05, 4.69) is 6.92 Å². The summed E-state index contributed by atoms with van der Waals surface area (Å²) < 4.78 is 11.9. The molecule has 1 aliphatic carbocycles. The van der Waals surface area contributed by atoms with Gasteiger partial charge in [0.15, 0.2) is 18.2 Å². The Morgan fingerprint density at radius 3 is 2.65 bits per heavy atom. The third-order valence-electron chi connectivity index (χ3n) is 6.12. The lowest BCUT2D eigenvalue weighted by atomic mass is 9.58. The van der Waals surface area contributed by atoms with E-state index in [9.17, 15) is 5.11 Å². The maximum atomic E-state index is 10.2. The van der Waals surface area contributed by atoms with Gasteiger partial charge >= 0.3 is 0 Å². The van der Waals surface area contributed by atoms with Crippen LogP contribution in [0.15, 0.2) is 0 Å². The molecule has 0 aromatic heterocycles. The summed E-state index contributed by atoms with van der Waals surface area (Å²) >= 11 is 0. The number of hydrogen-bond donors (Lipinski definition) is 1. The monoisotopic (exact) mass is 284 g/mol. The Kier molecular flexibility index (Phi) is 2.81. The molecule has 4 heterocycles. The van der Waals surface area contributed by atoms with Gasteiger partial charge < -0.3 is 14.6 Å². The van der Waals surface area contributed by atoms with Crippen LogP contribution in [0.4, 0.5) is 0 Å². The van der Waals surface area contributed by atoms with Gasteiger partial charge in [0.05, 0.1) is 0 Å². The Bertz CT molecular complexity index is 411. The second-order valence-electron chi connectivity index (χ2n) is 7.30. The fraction of sp³-hybridized carbons (Fsp3) is 1.00. The first-order valence-corrected chi connectivity index (χ1v) is 7.84. The molecule has 1 spiro atoms. The minimum Gasteiger partial charge on any atom is -0.368 e. The van der Waals surface area contributed by atoms with Crippen LogP contribution in [0.3, 0.4) is 0 Å². The van der Waals surface area contributed by atoms with Crippen molar-refractivity contribution < 1.29 is 24.4 Å². The van der Waals surface area contributed by atoms with Crippen LogP contribution in [0, 0.1) is 23.7 Å². The van der Waals surface area contributed by atoms with E-state index < -0.39 is 24.0 Å². The fourth-order valence-electron chi connectivity index (χ4n) is 4.89. The molecule has 0 radical (unpaired) electrons. The standard InChI is InChI=1S/C15H24O5/c1-8-4-5-11-9(2)12(16)17-13-15(11)10(8)6-7-14(3,18-13)19-20-15/h8-13,16H,4-7H2,1-3H3/t8-,9-,10+,11+,12+,13-,14-,15-/m0/s1. The molecule has 0 aromatic rings. The lowest BCUT2D eigenvalue weighted by Crippen LogP contribution is -2.70. The molecule has 4 aliphatic heterocycles. The lowest BCUT2D eigenvalue weighted by molar-refractivity contribution is -0.576. The van der Waals surface area contributed by atoms with Crippen LogP contribution in [0.5, 0.6) is 0 Å². The third-order valence-corrected chi connectivity index (χ3v) is 6.12. The van der Waals surface area contributed by atoms with Crippen LogP contribution >= 0.6 is 0 Å². The van der Waals surface area contributed by atoms with Gasteiger partial charge in [0.2, 0.25) is 5.79 Å². The first-order valence-electron chi connectivity index (χ1n) is 7.84. The number of rotatable bonds is 0. The van der Waals surface area contributed by atoms with Gasteiger partial charge in [0.1, 0.15) is 0 Å². The predicted octanol–water partition coefficient (Wildman–Crippen LogP) is 2.19. The first-order chi connectivity index (χ1) is 9.46. The molecule has 20 heavy (non-hydrogen) atoms. The van der Waals surface area contributed by atoms with E-state index in [4.69, 9.17) is 19.2 Å². The molecule has 1 saturated carbocycles. The van der Waals surface area contributed by atoms with Crippen LogP contribution in [0.1, 0.15) is 46.5 Å². The van der Waals surface area contributed by atoms with Crippen LogP contribution in [-0.4, -0.2) is 29.1 Å². The van der Waals surface area contributed by atoms with Crippen molar-refractivity contribution >= 4 is 0 Å². The topological polar surface area (TPSA) is 57.2 Å². The molecule has 8 atom stereocenters. The predicted molar refractivity (Wildman–Crippen MR) is 69.0 cm³/mol. The van der Waals surface area contributed by atoms with Crippen molar-refractivity contribution in [1.82, 2.24) is 0 Å². The Morgan fingerprint density at radius 2 is 1.85 bits per heavy atom. The Balaban J connectivity index is 1.82. The molecule has 114 valence electrons. The molecular weight excluding hydrogens is 260 g/mol. The maximum Gasteiger partial charge on any atom is 0.201 e. The van der Waals surface area contributed by atoms with Crippen molar-refractivity contribution in [3.63, 3.8) is 0 Å². The molecule has 0 unspecified atom stereocenters. The van der Waals surface area contributed by atoms with Gasteiger partial charge in [-0.1, -0.05) is 13.8 Å². The summed E-state index contributed by atoms with van der Waals surface area (Å²) in [6.07, 6.45) is 2.72. The summed E-state index contributed by atoms with van der Waals surface area (Å²) in [4.78, 5) is 11.6. The lowest BCUT2D eigenvalue weighted by Gasteiger charge is -2.59. The molecule has 2 bridgehead atoms. The number of hydrogen-bond acceptors (Lipinski definition) is 5. The van der Waals surface area contributed by atoms with Gasteiger partial charge in [-0.2, -0.15) is 0 Å². The fourth-order valence-corrected chi connectivity index (χ4v) is 4.89. The number of aliphatic hydroxyl groups is 1. The summed E-state index contributed by atoms with van der Waals surface area (Å²) in [7, 11) is 0. The Labute approximate surface area is 119 Å². The van der Waals surface area contributed by atoms with E-state index >= 15 is 0 Å². The van der Waals surface area contributed by atoms with Gasteiger partial charge in [-0.15, -0.1) is 0 Å². The molecule has 5 nitrogen and oxygen atoms in total. The minimum absolute atomic E-state index is 0.0379. The summed E-state index contributed by atoms with van der Waals surface area (Å²) in [6.45, 7) is 6.22. The highest BCUT2D eigenvalue weighted by Gasteiger charge is 2.69. The average Bonchev–Trinajstić information content (AvgIpc) is 2.63. The SMILES string of the molecule is C[C@@H]1[C@H](O)O[C@H]2O[C@]3(C)CC[C@@H]4[C@@H](C)CC[C@H]1[C@]24OO3. The van der Waals surface area contributed by atoms with Gasteiger partial charge in [0, 0.05) is 18.3 Å². The quantitative estimate of drug-likeness (QED) is 0.691. The van der Waals surface area contributed by atoms with Gasteiger partial charge in [0.25, 0.3) is 0 Å². The van der Waals surface area contributed by atoms with E-state index in [0.717, 1.165) is 19.3 Å². The Hall–Kier alpha value is -0.200. The van der Waals surface area contributed by atoms with E-state index in [-0.39, 0.29) is 11.8 Å². The van der Waals surface area contributed by atoms with Crippen molar-refractivity contribution in [3.8, 4) is 0 Å². The highest BCUT2D eigenvalue weighted by atomic mass is 17.3. The zero-order chi connectivity index (χ0) is 14.1. The Morgan fingerprint density at radius 1 is 1.05 bits per heavy atom. The average molecular weight is 284 g/mol. The minimum atomic E-state index is -0.781. The largest absolute Gasteiger partial charge is 0.368 e. The van der Waals surface area contributed by atoms with Crippen molar-refractivity contribution in [2.45, 2.75) is 70.4 Å². The summed E-state index contributed by atoms with van der Waals surface area (Å²) in [6, 6.07) is 0. The van der Waals surface area contributed by atoms with Gasteiger partial charge in [-0.05, 0) is 38.0 Å². The van der Waals surface area contributed by atoms with E-state index in [1.165, 1.54) is 6.42 Å². The molecule has 4 saturated heterocycles.